The summed E-state index contributed by atoms with van der Waals surface area (Å²) in [6.07, 6.45) is 2.91. The summed E-state index contributed by atoms with van der Waals surface area (Å²) in [5, 5.41) is 13.1. The third-order valence-corrected chi connectivity index (χ3v) is 6.24. The minimum absolute atomic E-state index is 0.104. The maximum atomic E-state index is 12.2. The number of aliphatic hydroxyl groups is 1. The lowest BCUT2D eigenvalue weighted by molar-refractivity contribution is -0.122. The van der Waals surface area contributed by atoms with Crippen molar-refractivity contribution < 1.29 is 9.90 Å². The number of nitrogens with zero attached hydrogens (tertiary/aromatic N) is 1. The molecule has 3 atom stereocenters. The molecule has 0 aromatic carbocycles. The summed E-state index contributed by atoms with van der Waals surface area (Å²) in [6, 6.07) is 4.26. The summed E-state index contributed by atoms with van der Waals surface area (Å²) in [5.74, 6) is 1.41. The lowest BCUT2D eigenvalue weighted by Crippen LogP contribution is -2.43. The highest BCUT2D eigenvalue weighted by Gasteiger charge is 2.44. The maximum Gasteiger partial charge on any atom is 0.223 e. The predicted octanol–water partition coefficient (Wildman–Crippen LogP) is 2.37. The number of piperidine rings is 1. The Bertz CT molecular complexity index is 537. The fourth-order valence-corrected chi connectivity index (χ4v) is 4.46. The van der Waals surface area contributed by atoms with Gasteiger partial charge >= 0.3 is 0 Å². The van der Waals surface area contributed by atoms with Gasteiger partial charge in [0.25, 0.3) is 0 Å². The molecular formula is C18H28N2O2S. The van der Waals surface area contributed by atoms with E-state index in [2.05, 4.69) is 36.2 Å². The van der Waals surface area contributed by atoms with Gasteiger partial charge in [-0.15, -0.1) is 11.3 Å². The molecule has 2 N–H and O–H groups in total. The van der Waals surface area contributed by atoms with Crippen LogP contribution in [0.15, 0.2) is 12.1 Å². The number of nitrogens with one attached hydrogen (secondary N) is 1. The number of amides is 1. The van der Waals surface area contributed by atoms with Crippen molar-refractivity contribution in [1.82, 2.24) is 10.2 Å². The smallest absolute Gasteiger partial charge is 0.223 e. The Hall–Kier alpha value is -0.910. The van der Waals surface area contributed by atoms with E-state index < -0.39 is 6.10 Å². The summed E-state index contributed by atoms with van der Waals surface area (Å²) >= 11 is 1.79. The highest BCUT2D eigenvalue weighted by molar-refractivity contribution is 7.12. The molecule has 4 nitrogen and oxygen atoms in total. The van der Waals surface area contributed by atoms with E-state index in [0.29, 0.717) is 19.0 Å². The molecule has 1 aromatic rings. The molecule has 1 aliphatic heterocycles. The van der Waals surface area contributed by atoms with Crippen LogP contribution in [0.5, 0.6) is 0 Å². The molecule has 1 saturated carbocycles. The Morgan fingerprint density at radius 2 is 2.17 bits per heavy atom. The Labute approximate surface area is 142 Å². The zero-order chi connectivity index (χ0) is 16.4. The predicted molar refractivity (Wildman–Crippen MR) is 93.8 cm³/mol. The van der Waals surface area contributed by atoms with Crippen LogP contribution < -0.4 is 5.32 Å². The Morgan fingerprint density at radius 1 is 1.43 bits per heavy atom. The maximum absolute atomic E-state index is 12.2. The molecule has 1 saturated heterocycles. The molecule has 5 heteroatoms. The van der Waals surface area contributed by atoms with E-state index in [-0.39, 0.29) is 11.8 Å². The normalized spacial score (nSPS) is 26.9. The van der Waals surface area contributed by atoms with Crippen LogP contribution in [0.3, 0.4) is 0 Å². The fourth-order valence-electron chi connectivity index (χ4n) is 3.41. The van der Waals surface area contributed by atoms with Crippen molar-refractivity contribution in [3.05, 3.63) is 21.9 Å². The molecule has 0 spiro atoms. The molecular weight excluding hydrogens is 308 g/mol. The first kappa shape index (κ1) is 16.9. The monoisotopic (exact) mass is 336 g/mol. The van der Waals surface area contributed by atoms with Crippen LogP contribution in [0, 0.1) is 18.8 Å². The summed E-state index contributed by atoms with van der Waals surface area (Å²) < 4.78 is 0. The van der Waals surface area contributed by atoms with Gasteiger partial charge in [-0.1, -0.05) is 6.92 Å². The Kier molecular flexibility index (Phi) is 5.39. The van der Waals surface area contributed by atoms with Gasteiger partial charge in [-0.3, -0.25) is 4.79 Å². The van der Waals surface area contributed by atoms with Gasteiger partial charge in [-0.05, 0) is 57.3 Å². The molecule has 2 heterocycles. The first-order valence-electron chi connectivity index (χ1n) is 8.77. The number of rotatable bonds is 6. The summed E-state index contributed by atoms with van der Waals surface area (Å²) in [5.41, 5.74) is 0. The third-order valence-electron chi connectivity index (χ3n) is 5.11. The number of hydrogen-bond donors (Lipinski definition) is 2. The number of aryl methyl sites for hydroxylation is 1. The molecule has 2 aliphatic rings. The van der Waals surface area contributed by atoms with Crippen molar-refractivity contribution in [2.45, 2.75) is 45.1 Å². The molecule has 0 radical (unpaired) electrons. The Morgan fingerprint density at radius 3 is 2.83 bits per heavy atom. The first-order chi connectivity index (χ1) is 11.0. The summed E-state index contributed by atoms with van der Waals surface area (Å²) in [7, 11) is 0. The SMILES string of the molecule is Cc1ccc(C2CC2C(=O)NCC(O)CN2CCC(C)CC2)s1. The average Bonchev–Trinajstić information content (AvgIpc) is 3.22. The van der Waals surface area contributed by atoms with E-state index in [9.17, 15) is 9.90 Å². The third kappa shape index (κ3) is 4.55. The molecule has 1 aliphatic carbocycles. The van der Waals surface area contributed by atoms with Crippen LogP contribution in [0.25, 0.3) is 0 Å². The number of carbonyl (C=O) groups is 1. The number of β-amino-alcohol motifs (C(OH)–C–C–N with tert-alkyl or cyclic N) is 1. The van der Waals surface area contributed by atoms with E-state index >= 15 is 0 Å². The number of likely N-dealkylation sites (tertiary alicyclic amines) is 1. The average molecular weight is 337 g/mol. The first-order valence-corrected chi connectivity index (χ1v) is 9.59. The van der Waals surface area contributed by atoms with Gasteiger partial charge in [0.15, 0.2) is 0 Å². The second kappa shape index (κ2) is 7.32. The van der Waals surface area contributed by atoms with E-state index in [1.165, 1.54) is 22.6 Å². The molecule has 1 amide bonds. The van der Waals surface area contributed by atoms with Gasteiger partial charge in [-0.25, -0.2) is 0 Å². The van der Waals surface area contributed by atoms with Gasteiger partial charge in [0.05, 0.1) is 6.10 Å². The standard InChI is InChI=1S/C18H28N2O2S/c1-12-5-7-20(8-6-12)11-14(21)10-19-18(22)16-9-15(16)17-4-3-13(2)23-17/h3-4,12,14-16,21H,5-11H2,1-2H3,(H,19,22). The van der Waals surface area contributed by atoms with E-state index in [1.54, 1.807) is 11.3 Å². The molecule has 128 valence electrons. The summed E-state index contributed by atoms with van der Waals surface area (Å²) in [4.78, 5) is 17.1. The minimum Gasteiger partial charge on any atom is -0.390 e. The van der Waals surface area contributed by atoms with Gasteiger partial charge in [0.2, 0.25) is 5.91 Å². The Balaban J connectivity index is 1.36. The highest BCUT2D eigenvalue weighted by Crippen LogP contribution is 2.49. The largest absolute Gasteiger partial charge is 0.390 e. The second-order valence-electron chi connectivity index (χ2n) is 7.28. The molecule has 1 aromatic heterocycles. The topological polar surface area (TPSA) is 52.6 Å². The number of carbonyl (C=O) groups excluding carboxylic acids is 1. The van der Waals surface area contributed by atoms with E-state index in [1.807, 2.05) is 0 Å². The van der Waals surface area contributed by atoms with Crippen molar-refractivity contribution in [2.75, 3.05) is 26.2 Å². The molecule has 23 heavy (non-hydrogen) atoms. The molecule has 3 rings (SSSR count). The van der Waals surface area contributed by atoms with Crippen LogP contribution in [0.1, 0.15) is 41.9 Å². The van der Waals surface area contributed by atoms with Crippen molar-refractivity contribution in [3.8, 4) is 0 Å². The van der Waals surface area contributed by atoms with Crippen molar-refractivity contribution >= 4 is 17.2 Å². The molecule has 3 unspecified atom stereocenters. The minimum atomic E-state index is -0.464. The molecule has 2 fully saturated rings. The number of thiophene rings is 1. The second-order valence-corrected chi connectivity index (χ2v) is 8.60. The van der Waals surface area contributed by atoms with Crippen LogP contribution in [-0.4, -0.2) is 48.2 Å². The van der Waals surface area contributed by atoms with Crippen LogP contribution in [-0.2, 0) is 4.79 Å². The zero-order valence-electron chi connectivity index (χ0n) is 14.1. The van der Waals surface area contributed by atoms with Gasteiger partial charge in [-0.2, -0.15) is 0 Å². The van der Waals surface area contributed by atoms with Crippen LogP contribution in [0.4, 0.5) is 0 Å². The zero-order valence-corrected chi connectivity index (χ0v) is 14.9. The van der Waals surface area contributed by atoms with Gasteiger partial charge in [0.1, 0.15) is 0 Å². The number of hydrogen-bond acceptors (Lipinski definition) is 4. The van der Waals surface area contributed by atoms with Crippen molar-refractivity contribution in [3.63, 3.8) is 0 Å². The fraction of sp³-hybridized carbons (Fsp3) is 0.722. The van der Waals surface area contributed by atoms with Crippen LogP contribution >= 0.6 is 11.3 Å². The highest BCUT2D eigenvalue weighted by atomic mass is 32.1. The lowest BCUT2D eigenvalue weighted by Gasteiger charge is -2.31. The van der Waals surface area contributed by atoms with Gasteiger partial charge < -0.3 is 15.3 Å². The van der Waals surface area contributed by atoms with Crippen molar-refractivity contribution in [1.29, 1.82) is 0 Å². The molecule has 0 bridgehead atoms. The number of aliphatic hydroxyl groups excluding tert-OH is 1. The van der Waals surface area contributed by atoms with Crippen molar-refractivity contribution in [2.24, 2.45) is 11.8 Å². The van der Waals surface area contributed by atoms with E-state index in [4.69, 9.17) is 0 Å². The quantitative estimate of drug-likeness (QED) is 0.838. The van der Waals surface area contributed by atoms with Crippen LogP contribution in [0.2, 0.25) is 0 Å². The van der Waals surface area contributed by atoms with E-state index in [0.717, 1.165) is 25.4 Å². The van der Waals surface area contributed by atoms with Gasteiger partial charge in [0, 0.05) is 34.7 Å². The summed E-state index contributed by atoms with van der Waals surface area (Å²) in [6.45, 7) is 7.56. The lowest BCUT2D eigenvalue weighted by atomic mass is 9.99.